The van der Waals surface area contributed by atoms with Crippen LogP contribution in [0.15, 0.2) is 24.3 Å². The third kappa shape index (κ3) is 2.38. The number of hydrogen-bond acceptors (Lipinski definition) is 1. The highest BCUT2D eigenvalue weighted by Gasteiger charge is 2.53. The van der Waals surface area contributed by atoms with Gasteiger partial charge in [-0.2, -0.15) is 0 Å². The molecule has 0 radical (unpaired) electrons. The van der Waals surface area contributed by atoms with E-state index in [4.69, 9.17) is 11.6 Å². The van der Waals surface area contributed by atoms with Crippen LogP contribution in [0.25, 0.3) is 0 Å². The van der Waals surface area contributed by atoms with Crippen LogP contribution in [0.1, 0.15) is 51.9 Å². The van der Waals surface area contributed by atoms with E-state index in [1.165, 1.54) is 44.9 Å². The number of nitrogens with one attached hydrogen (secondary N) is 1. The molecule has 0 aromatic heterocycles. The van der Waals surface area contributed by atoms with Crippen LogP contribution in [-0.4, -0.2) is 6.04 Å². The lowest BCUT2D eigenvalue weighted by Crippen LogP contribution is -2.53. The van der Waals surface area contributed by atoms with E-state index in [0.717, 1.165) is 28.5 Å². The number of benzene rings is 1. The van der Waals surface area contributed by atoms with Gasteiger partial charge in [-0.1, -0.05) is 30.7 Å². The molecule has 114 valence electrons. The molecule has 5 rings (SSSR count). The minimum absolute atomic E-state index is 0.544. The fraction of sp³-hybridized carbons (Fsp3) is 0.684. The van der Waals surface area contributed by atoms with Crippen molar-refractivity contribution < 1.29 is 0 Å². The zero-order valence-electron chi connectivity index (χ0n) is 12.9. The van der Waals surface area contributed by atoms with Crippen LogP contribution in [-0.2, 0) is 0 Å². The van der Waals surface area contributed by atoms with Gasteiger partial charge in [-0.15, -0.1) is 0 Å². The second-order valence-corrected chi connectivity index (χ2v) is 8.27. The summed E-state index contributed by atoms with van der Waals surface area (Å²) in [6.07, 6.45) is 10.1. The van der Waals surface area contributed by atoms with Gasteiger partial charge in [0, 0.05) is 6.04 Å². The average molecular weight is 304 g/mol. The Bertz CT molecular complexity index is 489. The summed E-state index contributed by atoms with van der Waals surface area (Å²) in [6.45, 7) is 2.34. The third-order valence-corrected chi connectivity index (χ3v) is 6.77. The van der Waals surface area contributed by atoms with Gasteiger partial charge in [0.1, 0.15) is 0 Å². The van der Waals surface area contributed by atoms with Crippen LogP contribution in [0.4, 0.5) is 5.69 Å². The Morgan fingerprint density at radius 2 is 1.67 bits per heavy atom. The van der Waals surface area contributed by atoms with Crippen molar-refractivity contribution in [2.45, 2.75) is 57.9 Å². The summed E-state index contributed by atoms with van der Waals surface area (Å²) in [5.41, 5.74) is 1.67. The molecule has 4 aliphatic carbocycles. The Kier molecular flexibility index (Phi) is 3.45. The fourth-order valence-corrected chi connectivity index (χ4v) is 6.25. The van der Waals surface area contributed by atoms with E-state index in [1.54, 1.807) is 0 Å². The van der Waals surface area contributed by atoms with Gasteiger partial charge in [0.05, 0.1) is 10.7 Å². The molecule has 0 saturated heterocycles. The first-order valence-electron chi connectivity index (χ1n) is 8.69. The Balaban J connectivity index is 1.60. The van der Waals surface area contributed by atoms with Crippen LogP contribution in [0.5, 0.6) is 0 Å². The molecule has 1 unspecified atom stereocenters. The Hall–Kier alpha value is -0.690. The van der Waals surface area contributed by atoms with Gasteiger partial charge in [-0.05, 0) is 80.2 Å². The summed E-state index contributed by atoms with van der Waals surface area (Å²) in [7, 11) is 0. The predicted octanol–water partition coefficient (Wildman–Crippen LogP) is 5.75. The molecule has 1 atom stereocenters. The van der Waals surface area contributed by atoms with Gasteiger partial charge < -0.3 is 5.32 Å². The molecule has 0 spiro atoms. The normalized spacial score (nSPS) is 38.5. The Labute approximate surface area is 133 Å². The topological polar surface area (TPSA) is 12.0 Å². The zero-order valence-corrected chi connectivity index (χ0v) is 13.7. The monoisotopic (exact) mass is 303 g/mol. The molecule has 1 nitrogen and oxygen atoms in total. The molecule has 1 aromatic carbocycles. The van der Waals surface area contributed by atoms with Crippen molar-refractivity contribution in [1.82, 2.24) is 0 Å². The lowest BCUT2D eigenvalue weighted by atomic mass is 9.47. The summed E-state index contributed by atoms with van der Waals surface area (Å²) in [5, 5.41) is 4.68. The summed E-state index contributed by atoms with van der Waals surface area (Å²) in [6, 6.07) is 8.81. The molecule has 0 amide bonds. The first-order chi connectivity index (χ1) is 10.2. The van der Waals surface area contributed by atoms with E-state index in [2.05, 4.69) is 24.4 Å². The van der Waals surface area contributed by atoms with Gasteiger partial charge in [-0.3, -0.25) is 0 Å². The predicted molar refractivity (Wildman–Crippen MR) is 89.8 cm³/mol. The number of hydrogen-bond donors (Lipinski definition) is 1. The van der Waals surface area contributed by atoms with Gasteiger partial charge in [0.15, 0.2) is 0 Å². The van der Waals surface area contributed by atoms with Crippen LogP contribution in [0.3, 0.4) is 0 Å². The van der Waals surface area contributed by atoms with E-state index < -0.39 is 0 Å². The average Bonchev–Trinajstić information content (AvgIpc) is 2.44. The largest absolute Gasteiger partial charge is 0.381 e. The van der Waals surface area contributed by atoms with Crippen LogP contribution in [0, 0.1) is 23.2 Å². The minimum Gasteiger partial charge on any atom is -0.381 e. The minimum atomic E-state index is 0.544. The number of rotatable bonds is 4. The molecule has 0 heterocycles. The molecule has 4 saturated carbocycles. The smallest absolute Gasteiger partial charge is 0.0637 e. The maximum atomic E-state index is 6.37. The van der Waals surface area contributed by atoms with Gasteiger partial charge in [0.2, 0.25) is 0 Å². The lowest BCUT2D eigenvalue weighted by Gasteiger charge is -2.59. The van der Waals surface area contributed by atoms with Crippen LogP contribution >= 0.6 is 11.6 Å². The molecule has 21 heavy (non-hydrogen) atoms. The molecule has 4 aliphatic rings. The number of anilines is 1. The van der Waals surface area contributed by atoms with Crippen molar-refractivity contribution in [3.8, 4) is 0 Å². The molecular formula is C19H26ClN. The van der Waals surface area contributed by atoms with E-state index in [-0.39, 0.29) is 0 Å². The standard InChI is InChI=1S/C19H26ClN/c1-2-18(21-17-6-4-3-5-16(17)20)19-10-13-7-14(11-19)9-15(8-13)12-19/h3-6,13-15,18,21H,2,7-12H2,1H3. The summed E-state index contributed by atoms with van der Waals surface area (Å²) in [5.74, 6) is 3.04. The highest BCUT2D eigenvalue weighted by molar-refractivity contribution is 6.33. The van der Waals surface area contributed by atoms with Crippen LogP contribution < -0.4 is 5.32 Å². The van der Waals surface area contributed by atoms with Crippen molar-refractivity contribution in [3.63, 3.8) is 0 Å². The van der Waals surface area contributed by atoms with E-state index in [0.29, 0.717) is 11.5 Å². The summed E-state index contributed by atoms with van der Waals surface area (Å²) >= 11 is 6.37. The van der Waals surface area contributed by atoms with E-state index >= 15 is 0 Å². The van der Waals surface area contributed by atoms with E-state index in [1.807, 2.05) is 12.1 Å². The lowest BCUT2D eigenvalue weighted by molar-refractivity contribution is -0.0636. The van der Waals surface area contributed by atoms with Crippen molar-refractivity contribution in [1.29, 1.82) is 0 Å². The molecule has 4 fully saturated rings. The van der Waals surface area contributed by atoms with Gasteiger partial charge in [0.25, 0.3) is 0 Å². The quantitative estimate of drug-likeness (QED) is 0.747. The van der Waals surface area contributed by atoms with Gasteiger partial charge in [-0.25, -0.2) is 0 Å². The third-order valence-electron chi connectivity index (χ3n) is 6.44. The molecule has 1 N–H and O–H groups in total. The van der Waals surface area contributed by atoms with E-state index in [9.17, 15) is 0 Å². The summed E-state index contributed by atoms with van der Waals surface area (Å²) < 4.78 is 0. The Morgan fingerprint density at radius 3 is 2.19 bits per heavy atom. The first kappa shape index (κ1) is 13.9. The van der Waals surface area contributed by atoms with Crippen molar-refractivity contribution in [2.75, 3.05) is 5.32 Å². The summed E-state index contributed by atoms with van der Waals surface area (Å²) in [4.78, 5) is 0. The second kappa shape index (κ2) is 5.19. The number of halogens is 1. The molecule has 1 aromatic rings. The maximum absolute atomic E-state index is 6.37. The number of para-hydroxylation sites is 1. The van der Waals surface area contributed by atoms with Crippen molar-refractivity contribution in [3.05, 3.63) is 29.3 Å². The maximum Gasteiger partial charge on any atom is 0.0637 e. The molecule has 0 aliphatic heterocycles. The van der Waals surface area contributed by atoms with Crippen molar-refractivity contribution >= 4 is 17.3 Å². The Morgan fingerprint density at radius 1 is 1.10 bits per heavy atom. The molecular weight excluding hydrogens is 278 g/mol. The van der Waals surface area contributed by atoms with Crippen LogP contribution in [0.2, 0.25) is 5.02 Å². The molecule has 2 heteroatoms. The fourth-order valence-electron chi connectivity index (χ4n) is 6.06. The highest BCUT2D eigenvalue weighted by atomic mass is 35.5. The second-order valence-electron chi connectivity index (χ2n) is 7.86. The van der Waals surface area contributed by atoms with Gasteiger partial charge >= 0.3 is 0 Å². The molecule has 4 bridgehead atoms. The van der Waals surface area contributed by atoms with Crippen molar-refractivity contribution in [2.24, 2.45) is 23.2 Å². The first-order valence-corrected chi connectivity index (χ1v) is 9.07. The SMILES string of the molecule is CCC(Nc1ccccc1Cl)C12CC3CC(CC(C3)C1)C2. The highest BCUT2D eigenvalue weighted by Crippen LogP contribution is 2.62. The zero-order chi connectivity index (χ0) is 14.4.